The Bertz CT molecular complexity index is 1320. The molecule has 0 spiro atoms. The molecule has 4 unspecified atom stereocenters. The smallest absolute Gasteiger partial charge is 0.240 e. The van der Waals surface area contributed by atoms with Crippen molar-refractivity contribution in [1.29, 1.82) is 0 Å². The predicted molar refractivity (Wildman–Crippen MR) is 161 cm³/mol. The van der Waals surface area contributed by atoms with Crippen LogP contribution in [0.25, 0.3) is 6.08 Å². The first-order chi connectivity index (χ1) is 19.9. The van der Waals surface area contributed by atoms with Crippen LogP contribution < -0.4 is 25.6 Å². The molecule has 9 heteroatoms. The van der Waals surface area contributed by atoms with Gasteiger partial charge in [0.25, 0.3) is 0 Å². The molecule has 3 aliphatic heterocycles. The van der Waals surface area contributed by atoms with Crippen LogP contribution in [0.4, 0.5) is 5.69 Å². The minimum atomic E-state index is -0.0492. The van der Waals surface area contributed by atoms with Gasteiger partial charge in [0, 0.05) is 36.9 Å². The molecule has 0 aliphatic carbocycles. The molecule has 2 aromatic carbocycles. The van der Waals surface area contributed by atoms with Gasteiger partial charge in [-0.1, -0.05) is 39.0 Å². The Morgan fingerprint density at radius 1 is 1.05 bits per heavy atom. The zero-order valence-electron chi connectivity index (χ0n) is 24.4. The average Bonchev–Trinajstić information content (AvgIpc) is 2.97. The summed E-state index contributed by atoms with van der Waals surface area (Å²) in [5, 5.41) is 9.62. The van der Waals surface area contributed by atoms with E-state index >= 15 is 0 Å². The molecule has 218 valence electrons. The van der Waals surface area contributed by atoms with Gasteiger partial charge in [-0.3, -0.25) is 14.6 Å². The third-order valence-electron chi connectivity index (χ3n) is 8.18. The summed E-state index contributed by atoms with van der Waals surface area (Å²) in [5.41, 5.74) is 11.3. The van der Waals surface area contributed by atoms with E-state index in [2.05, 4.69) is 53.3 Å². The molecule has 0 saturated carbocycles. The number of hydrogen-bond acceptors (Lipinski definition) is 7. The Balaban J connectivity index is 1.15. The van der Waals surface area contributed by atoms with Crippen molar-refractivity contribution in [3.63, 3.8) is 0 Å². The molecule has 2 aromatic rings. The van der Waals surface area contributed by atoms with E-state index in [4.69, 9.17) is 9.47 Å². The third-order valence-corrected chi connectivity index (χ3v) is 8.18. The highest BCUT2D eigenvalue weighted by molar-refractivity contribution is 6.05. The third kappa shape index (κ3) is 6.40. The Morgan fingerprint density at radius 3 is 2.59 bits per heavy atom. The van der Waals surface area contributed by atoms with Crippen molar-refractivity contribution in [3.05, 3.63) is 59.2 Å². The number of hydrazone groups is 1. The standard InChI is InChI=1S/C32H41N5O4/c1-5-23-10-13-26-25(14-15-27(40-4)32(26)33-23)31-21(3)19-29(39)37(36-31)16-6-7-17-41-24-11-8-22(9-12-24)30-20(2)18-28(38)34-35-30/h8-15,20-21,23,31,33,36H,5-7,16-19H2,1-4H3,(H,34,38). The monoisotopic (exact) mass is 559 g/mol. The lowest BCUT2D eigenvalue weighted by molar-refractivity contribution is -0.141. The Morgan fingerprint density at radius 2 is 1.85 bits per heavy atom. The van der Waals surface area contributed by atoms with Crippen molar-refractivity contribution in [3.8, 4) is 11.5 Å². The van der Waals surface area contributed by atoms with Crippen molar-refractivity contribution < 1.29 is 19.1 Å². The van der Waals surface area contributed by atoms with Crippen LogP contribution in [-0.4, -0.2) is 48.8 Å². The summed E-state index contributed by atoms with van der Waals surface area (Å²) < 4.78 is 11.6. The number of unbranched alkanes of at least 4 members (excludes halogenated alkanes) is 1. The van der Waals surface area contributed by atoms with E-state index in [1.165, 1.54) is 5.56 Å². The number of carbonyl (C=O) groups is 2. The summed E-state index contributed by atoms with van der Waals surface area (Å²) in [7, 11) is 1.70. The molecule has 9 nitrogen and oxygen atoms in total. The van der Waals surface area contributed by atoms with Crippen LogP contribution in [0.5, 0.6) is 11.5 Å². The first-order valence-electron chi connectivity index (χ1n) is 14.7. The van der Waals surface area contributed by atoms with Gasteiger partial charge in [-0.05, 0) is 66.6 Å². The Hall–Kier alpha value is -3.85. The van der Waals surface area contributed by atoms with Crippen LogP contribution >= 0.6 is 0 Å². The second-order valence-corrected chi connectivity index (χ2v) is 11.2. The van der Waals surface area contributed by atoms with Crippen molar-refractivity contribution >= 4 is 29.3 Å². The summed E-state index contributed by atoms with van der Waals surface area (Å²) >= 11 is 0. The van der Waals surface area contributed by atoms with Crippen molar-refractivity contribution in [2.24, 2.45) is 16.9 Å². The minimum absolute atomic E-state index is 0.0246. The van der Waals surface area contributed by atoms with E-state index < -0.39 is 0 Å². The summed E-state index contributed by atoms with van der Waals surface area (Å²) in [6.45, 7) is 7.49. The number of anilines is 1. The maximum Gasteiger partial charge on any atom is 0.240 e. The van der Waals surface area contributed by atoms with Gasteiger partial charge in [0.05, 0.1) is 31.2 Å². The Kier molecular flexibility index (Phi) is 8.93. The second-order valence-electron chi connectivity index (χ2n) is 11.2. The molecule has 3 aliphatic rings. The van der Waals surface area contributed by atoms with Crippen LogP contribution in [-0.2, 0) is 9.59 Å². The lowest BCUT2D eigenvalue weighted by atomic mass is 9.85. The molecule has 3 heterocycles. The first-order valence-corrected chi connectivity index (χ1v) is 14.7. The van der Waals surface area contributed by atoms with E-state index in [-0.39, 0.29) is 35.7 Å². The predicted octanol–water partition coefficient (Wildman–Crippen LogP) is 5.05. The molecule has 0 aromatic heterocycles. The second kappa shape index (κ2) is 12.8. The number of nitrogens with zero attached hydrogens (tertiary/aromatic N) is 2. The topological polar surface area (TPSA) is 104 Å². The van der Waals surface area contributed by atoms with Crippen molar-refractivity contribution in [2.45, 2.75) is 65.0 Å². The maximum absolute atomic E-state index is 12.9. The minimum Gasteiger partial charge on any atom is -0.495 e. The number of carbonyl (C=O) groups excluding carboxylic acids is 2. The van der Waals surface area contributed by atoms with Gasteiger partial charge >= 0.3 is 0 Å². The molecule has 4 atom stereocenters. The summed E-state index contributed by atoms with van der Waals surface area (Å²) in [4.78, 5) is 24.4. The fraction of sp³-hybridized carbons (Fsp3) is 0.469. The lowest BCUT2D eigenvalue weighted by Gasteiger charge is -2.39. The number of benzene rings is 2. The molecule has 0 radical (unpaired) electrons. The molecule has 1 fully saturated rings. The van der Waals surface area contributed by atoms with Gasteiger partial charge in [0.2, 0.25) is 11.8 Å². The number of ether oxygens (including phenoxy) is 2. The van der Waals surface area contributed by atoms with Gasteiger partial charge in [-0.15, -0.1) is 0 Å². The van der Waals surface area contributed by atoms with Gasteiger partial charge in [0.15, 0.2) is 0 Å². The molecule has 0 bridgehead atoms. The van der Waals surface area contributed by atoms with Crippen LogP contribution in [0.15, 0.2) is 47.6 Å². The number of hydrazine groups is 1. The van der Waals surface area contributed by atoms with E-state index in [0.717, 1.165) is 53.3 Å². The van der Waals surface area contributed by atoms with Gasteiger partial charge < -0.3 is 14.8 Å². The van der Waals surface area contributed by atoms with E-state index in [0.29, 0.717) is 26.0 Å². The van der Waals surface area contributed by atoms with Crippen LogP contribution in [0.3, 0.4) is 0 Å². The quantitative estimate of drug-likeness (QED) is 0.352. The van der Waals surface area contributed by atoms with Gasteiger partial charge in [-0.25, -0.2) is 10.9 Å². The number of nitrogens with one attached hydrogen (secondary N) is 3. The van der Waals surface area contributed by atoms with Crippen molar-refractivity contribution in [1.82, 2.24) is 15.9 Å². The van der Waals surface area contributed by atoms with E-state index in [9.17, 15) is 9.59 Å². The van der Waals surface area contributed by atoms with Crippen LogP contribution in [0, 0.1) is 11.8 Å². The average molecular weight is 560 g/mol. The molecule has 5 rings (SSSR count). The van der Waals surface area contributed by atoms with Crippen molar-refractivity contribution in [2.75, 3.05) is 25.6 Å². The molecule has 1 saturated heterocycles. The van der Waals surface area contributed by atoms with E-state index in [1.54, 1.807) is 12.1 Å². The fourth-order valence-electron chi connectivity index (χ4n) is 5.79. The van der Waals surface area contributed by atoms with Crippen LogP contribution in [0.2, 0.25) is 0 Å². The van der Waals surface area contributed by atoms with Gasteiger partial charge in [0.1, 0.15) is 11.5 Å². The largest absolute Gasteiger partial charge is 0.495 e. The fourth-order valence-corrected chi connectivity index (χ4v) is 5.79. The van der Waals surface area contributed by atoms with Gasteiger partial charge in [-0.2, -0.15) is 5.10 Å². The molecule has 3 N–H and O–H groups in total. The van der Waals surface area contributed by atoms with E-state index in [1.807, 2.05) is 37.3 Å². The number of methoxy groups -OCH3 is 1. The molecular formula is C32H41N5O4. The highest BCUT2D eigenvalue weighted by Crippen LogP contribution is 2.41. The summed E-state index contributed by atoms with van der Waals surface area (Å²) in [6, 6.07) is 12.3. The number of amides is 2. The highest BCUT2D eigenvalue weighted by Gasteiger charge is 2.34. The zero-order valence-corrected chi connectivity index (χ0v) is 24.4. The first kappa shape index (κ1) is 28.7. The SMILES string of the molecule is CCC1C=Cc2c(C3NN(CCCCOc4ccc(C5=NNC(=O)CC5C)cc4)C(=O)CC3C)ccc(OC)c2N1. The summed E-state index contributed by atoms with van der Waals surface area (Å²) in [5.74, 6) is 1.96. The number of fused-ring (bicyclic) bond motifs is 1. The number of rotatable bonds is 10. The summed E-state index contributed by atoms with van der Waals surface area (Å²) in [6.07, 6.45) is 8.00. The number of hydrogen-bond donors (Lipinski definition) is 3. The molecule has 2 amide bonds. The molecule has 41 heavy (non-hydrogen) atoms. The maximum atomic E-state index is 12.9. The Labute approximate surface area is 242 Å². The zero-order chi connectivity index (χ0) is 28.9. The lowest BCUT2D eigenvalue weighted by Crippen LogP contribution is -2.52. The highest BCUT2D eigenvalue weighted by atomic mass is 16.5. The normalized spacial score (nSPS) is 23.8. The van der Waals surface area contributed by atoms with Crippen LogP contribution in [0.1, 0.15) is 75.6 Å². The molecular weight excluding hydrogens is 518 g/mol.